The number of aromatic nitrogens is 2. The summed E-state index contributed by atoms with van der Waals surface area (Å²) in [7, 11) is 0. The molecule has 0 bridgehead atoms. The highest BCUT2D eigenvalue weighted by Crippen LogP contribution is 2.47. The Morgan fingerprint density at radius 1 is 1.20 bits per heavy atom. The van der Waals surface area contributed by atoms with Crippen molar-refractivity contribution in [1.82, 2.24) is 15.5 Å². The third-order valence-electron chi connectivity index (χ3n) is 4.51. The van der Waals surface area contributed by atoms with Crippen LogP contribution in [-0.4, -0.2) is 16.0 Å². The van der Waals surface area contributed by atoms with Gasteiger partial charge in [-0.1, -0.05) is 53.2 Å². The SMILES string of the molecule is Cc1cccc(-c2nc(CNC(=O)[C@H]3C[C@H]3c3ccccc3)no2)c1. The maximum Gasteiger partial charge on any atom is 0.257 e. The van der Waals surface area contributed by atoms with E-state index in [0.717, 1.165) is 17.5 Å². The number of carbonyl (C=O) groups excluding carboxylic acids is 1. The highest BCUT2D eigenvalue weighted by molar-refractivity contribution is 5.82. The van der Waals surface area contributed by atoms with Crippen LogP contribution >= 0.6 is 0 Å². The van der Waals surface area contributed by atoms with Crippen molar-refractivity contribution in [2.24, 2.45) is 5.92 Å². The molecule has 4 rings (SSSR count). The first-order valence-corrected chi connectivity index (χ1v) is 8.43. The van der Waals surface area contributed by atoms with Crippen molar-refractivity contribution >= 4 is 5.91 Å². The number of hydrogen-bond acceptors (Lipinski definition) is 4. The first kappa shape index (κ1) is 15.6. The number of benzene rings is 2. The molecule has 1 heterocycles. The summed E-state index contributed by atoms with van der Waals surface area (Å²) in [6, 6.07) is 18.0. The van der Waals surface area contributed by atoms with E-state index in [2.05, 4.69) is 27.6 Å². The van der Waals surface area contributed by atoms with Crippen molar-refractivity contribution in [3.8, 4) is 11.5 Å². The third-order valence-corrected chi connectivity index (χ3v) is 4.51. The lowest BCUT2D eigenvalue weighted by atomic mass is 10.1. The predicted octanol–water partition coefficient (Wildman–Crippen LogP) is 3.46. The van der Waals surface area contributed by atoms with E-state index in [1.807, 2.05) is 49.4 Å². The second-order valence-electron chi connectivity index (χ2n) is 6.46. The molecule has 1 aliphatic rings. The number of carbonyl (C=O) groups is 1. The molecule has 0 radical (unpaired) electrons. The minimum absolute atomic E-state index is 0.0468. The summed E-state index contributed by atoms with van der Waals surface area (Å²) < 4.78 is 5.29. The molecule has 0 spiro atoms. The Balaban J connectivity index is 1.34. The van der Waals surface area contributed by atoms with Gasteiger partial charge in [0.2, 0.25) is 5.91 Å². The zero-order valence-electron chi connectivity index (χ0n) is 14.0. The van der Waals surface area contributed by atoms with Gasteiger partial charge in [-0.05, 0) is 37.0 Å². The van der Waals surface area contributed by atoms with Gasteiger partial charge in [0.15, 0.2) is 5.82 Å². The summed E-state index contributed by atoms with van der Waals surface area (Å²) >= 11 is 0. The number of aryl methyl sites for hydroxylation is 1. The van der Waals surface area contributed by atoms with Crippen LogP contribution in [0, 0.1) is 12.8 Å². The quantitative estimate of drug-likeness (QED) is 0.776. The summed E-state index contributed by atoms with van der Waals surface area (Å²) in [5, 5.41) is 6.86. The number of amides is 1. The van der Waals surface area contributed by atoms with Crippen LogP contribution < -0.4 is 5.32 Å². The molecule has 2 atom stereocenters. The number of nitrogens with zero attached hydrogens (tertiary/aromatic N) is 2. The smallest absolute Gasteiger partial charge is 0.257 e. The van der Waals surface area contributed by atoms with Crippen molar-refractivity contribution in [3.05, 3.63) is 71.5 Å². The largest absolute Gasteiger partial charge is 0.348 e. The molecule has 2 aromatic carbocycles. The Bertz CT molecular complexity index is 889. The van der Waals surface area contributed by atoms with Gasteiger partial charge in [0.25, 0.3) is 5.89 Å². The van der Waals surface area contributed by atoms with Crippen LogP contribution in [0.3, 0.4) is 0 Å². The van der Waals surface area contributed by atoms with Gasteiger partial charge in [-0.25, -0.2) is 0 Å². The van der Waals surface area contributed by atoms with Gasteiger partial charge in [-0.3, -0.25) is 4.79 Å². The predicted molar refractivity (Wildman–Crippen MR) is 93.6 cm³/mol. The molecule has 1 aliphatic carbocycles. The van der Waals surface area contributed by atoms with E-state index in [4.69, 9.17) is 4.52 Å². The molecule has 25 heavy (non-hydrogen) atoms. The first-order valence-electron chi connectivity index (χ1n) is 8.43. The van der Waals surface area contributed by atoms with Gasteiger partial charge in [-0.15, -0.1) is 0 Å². The molecule has 0 saturated heterocycles. The van der Waals surface area contributed by atoms with Crippen LogP contribution in [0.1, 0.15) is 29.3 Å². The van der Waals surface area contributed by atoms with Gasteiger partial charge in [0.1, 0.15) is 0 Å². The summed E-state index contributed by atoms with van der Waals surface area (Å²) in [6.07, 6.45) is 0.899. The Kier molecular flexibility index (Phi) is 4.06. The summed E-state index contributed by atoms with van der Waals surface area (Å²) in [5.41, 5.74) is 3.24. The van der Waals surface area contributed by atoms with E-state index in [9.17, 15) is 4.79 Å². The Morgan fingerprint density at radius 3 is 2.84 bits per heavy atom. The average molecular weight is 333 g/mol. The lowest BCUT2D eigenvalue weighted by molar-refractivity contribution is -0.122. The van der Waals surface area contributed by atoms with E-state index in [1.165, 1.54) is 5.56 Å². The van der Waals surface area contributed by atoms with Crippen LogP contribution in [0.2, 0.25) is 0 Å². The third kappa shape index (κ3) is 3.45. The zero-order chi connectivity index (χ0) is 17.2. The van der Waals surface area contributed by atoms with Crippen LogP contribution in [0.4, 0.5) is 0 Å². The van der Waals surface area contributed by atoms with Gasteiger partial charge >= 0.3 is 0 Å². The second kappa shape index (κ2) is 6.51. The molecular formula is C20H19N3O2. The van der Waals surface area contributed by atoms with Gasteiger partial charge in [0.05, 0.1) is 6.54 Å². The highest BCUT2D eigenvalue weighted by atomic mass is 16.5. The first-order chi connectivity index (χ1) is 12.2. The standard InChI is InChI=1S/C20H19N3O2/c1-13-6-5-9-15(10-13)20-22-18(23-25-20)12-21-19(24)17-11-16(17)14-7-3-2-4-8-14/h2-10,16-17H,11-12H2,1H3,(H,21,24)/t16-,17-/m0/s1. The Hall–Kier alpha value is -2.95. The fraction of sp³-hybridized carbons (Fsp3) is 0.250. The molecule has 0 unspecified atom stereocenters. The topological polar surface area (TPSA) is 68.0 Å². The van der Waals surface area contributed by atoms with E-state index in [-0.39, 0.29) is 18.4 Å². The van der Waals surface area contributed by atoms with E-state index < -0.39 is 0 Å². The molecular weight excluding hydrogens is 314 g/mol. The van der Waals surface area contributed by atoms with Crippen LogP contribution in [-0.2, 0) is 11.3 Å². The van der Waals surface area contributed by atoms with Gasteiger partial charge < -0.3 is 9.84 Å². The summed E-state index contributed by atoms with van der Waals surface area (Å²) in [6.45, 7) is 2.30. The van der Waals surface area contributed by atoms with E-state index in [1.54, 1.807) is 0 Å². The minimum Gasteiger partial charge on any atom is -0.348 e. The maximum absolute atomic E-state index is 12.3. The molecule has 0 aliphatic heterocycles. The van der Waals surface area contributed by atoms with Crippen LogP contribution in [0.25, 0.3) is 11.5 Å². The fourth-order valence-electron chi connectivity index (χ4n) is 3.07. The Labute approximate surface area is 146 Å². The number of hydrogen-bond donors (Lipinski definition) is 1. The van der Waals surface area contributed by atoms with Crippen molar-refractivity contribution in [2.75, 3.05) is 0 Å². The van der Waals surface area contributed by atoms with Crippen LogP contribution in [0.15, 0.2) is 59.1 Å². The van der Waals surface area contributed by atoms with Crippen molar-refractivity contribution in [2.45, 2.75) is 25.8 Å². The lowest BCUT2D eigenvalue weighted by Gasteiger charge is -2.02. The lowest BCUT2D eigenvalue weighted by Crippen LogP contribution is -2.25. The van der Waals surface area contributed by atoms with E-state index in [0.29, 0.717) is 17.6 Å². The molecule has 5 heteroatoms. The molecule has 1 amide bonds. The molecule has 126 valence electrons. The normalized spacial score (nSPS) is 18.8. The summed E-state index contributed by atoms with van der Waals surface area (Å²) in [4.78, 5) is 16.6. The number of rotatable bonds is 5. The molecule has 1 fully saturated rings. The van der Waals surface area contributed by atoms with Gasteiger partial charge in [0, 0.05) is 11.5 Å². The zero-order valence-corrected chi connectivity index (χ0v) is 14.0. The van der Waals surface area contributed by atoms with Crippen molar-refractivity contribution in [1.29, 1.82) is 0 Å². The van der Waals surface area contributed by atoms with Crippen LogP contribution in [0.5, 0.6) is 0 Å². The maximum atomic E-state index is 12.3. The Morgan fingerprint density at radius 2 is 2.04 bits per heavy atom. The number of nitrogens with one attached hydrogen (secondary N) is 1. The molecule has 1 saturated carbocycles. The minimum atomic E-state index is 0.0468. The molecule has 3 aromatic rings. The second-order valence-corrected chi connectivity index (χ2v) is 6.46. The summed E-state index contributed by atoms with van der Waals surface area (Å²) in [5.74, 6) is 1.39. The monoisotopic (exact) mass is 333 g/mol. The molecule has 1 N–H and O–H groups in total. The average Bonchev–Trinajstić information content (AvgIpc) is 3.30. The van der Waals surface area contributed by atoms with Crippen molar-refractivity contribution in [3.63, 3.8) is 0 Å². The molecule has 1 aromatic heterocycles. The van der Waals surface area contributed by atoms with E-state index >= 15 is 0 Å². The molecule has 5 nitrogen and oxygen atoms in total. The van der Waals surface area contributed by atoms with Gasteiger partial charge in [-0.2, -0.15) is 4.98 Å². The highest BCUT2D eigenvalue weighted by Gasteiger charge is 2.43. The van der Waals surface area contributed by atoms with Crippen molar-refractivity contribution < 1.29 is 9.32 Å². The fourth-order valence-corrected chi connectivity index (χ4v) is 3.07.